The molecule has 0 aliphatic heterocycles. The molecule has 0 heterocycles. The molecule has 232 valence electrons. The second kappa shape index (κ2) is 17.5. The molecule has 0 saturated heterocycles. The predicted molar refractivity (Wildman–Crippen MR) is 178 cm³/mol. The third kappa shape index (κ3) is 12.7. The molecule has 0 atom stereocenters. The van der Waals surface area contributed by atoms with Crippen LogP contribution in [-0.4, -0.2) is 49.3 Å². The summed E-state index contributed by atoms with van der Waals surface area (Å²) in [5, 5.41) is 12.6. The standard InChI is InChI=1S/C28H40N4O6S4/c1-3-5-7-9-17-29-27(39)31-23-15-13-21(25(19-23)41(33,34)35)11-12-22-14-16-24(20-26(22)42(36,37)38)32-28(40)30-18-10-8-6-4-2/h11-16,19-20H,3-10,17-18H2,1-2H3,(H2,29,31,39)(H2,30,32,40)(H,33,34,35)(H,36,37,38). The number of unbranched alkanes of at least 4 members (excludes halogenated alkanes) is 6. The molecule has 0 bridgehead atoms. The van der Waals surface area contributed by atoms with Crippen LogP contribution in [0.3, 0.4) is 0 Å². The maximum absolute atomic E-state index is 12.2. The number of hydrogen-bond acceptors (Lipinski definition) is 6. The lowest BCUT2D eigenvalue weighted by Crippen LogP contribution is -2.29. The highest BCUT2D eigenvalue weighted by Gasteiger charge is 2.18. The second-order valence-electron chi connectivity index (χ2n) is 9.67. The molecule has 0 aliphatic rings. The number of benzene rings is 2. The first-order valence-electron chi connectivity index (χ1n) is 13.9. The number of rotatable bonds is 16. The molecule has 10 nitrogen and oxygen atoms in total. The van der Waals surface area contributed by atoms with Crippen LogP contribution in [0.4, 0.5) is 11.4 Å². The molecule has 0 fully saturated rings. The summed E-state index contributed by atoms with van der Waals surface area (Å²) in [4.78, 5) is -0.812. The Labute approximate surface area is 260 Å². The molecule has 0 aromatic heterocycles. The van der Waals surface area contributed by atoms with Crippen LogP contribution in [-0.2, 0) is 20.2 Å². The fourth-order valence-corrected chi connectivity index (χ4v) is 5.84. The van der Waals surface area contributed by atoms with Gasteiger partial charge in [-0.25, -0.2) is 0 Å². The van der Waals surface area contributed by atoms with Crippen molar-refractivity contribution in [3.63, 3.8) is 0 Å². The zero-order valence-corrected chi connectivity index (χ0v) is 27.1. The summed E-state index contributed by atoms with van der Waals surface area (Å²) in [6, 6.07) is 8.50. The minimum absolute atomic E-state index is 0.0958. The van der Waals surface area contributed by atoms with E-state index in [1.165, 1.54) is 36.4 Å². The van der Waals surface area contributed by atoms with Crippen molar-refractivity contribution < 1.29 is 25.9 Å². The largest absolute Gasteiger partial charge is 0.362 e. The lowest BCUT2D eigenvalue weighted by molar-refractivity contribution is 0.480. The monoisotopic (exact) mass is 656 g/mol. The van der Waals surface area contributed by atoms with E-state index in [1.54, 1.807) is 12.1 Å². The Morgan fingerprint density at radius 3 is 1.38 bits per heavy atom. The Hall–Kier alpha value is -2.62. The molecule has 0 radical (unpaired) electrons. The normalized spacial score (nSPS) is 11.8. The number of hydrogen-bond donors (Lipinski definition) is 6. The van der Waals surface area contributed by atoms with Crippen LogP contribution >= 0.6 is 24.4 Å². The number of nitrogens with one attached hydrogen (secondary N) is 4. The minimum Gasteiger partial charge on any atom is -0.362 e. The summed E-state index contributed by atoms with van der Waals surface area (Å²) in [6.07, 6.45) is 11.2. The highest BCUT2D eigenvalue weighted by molar-refractivity contribution is 7.86. The quantitative estimate of drug-likeness (QED) is 0.0536. The van der Waals surface area contributed by atoms with Crippen LogP contribution < -0.4 is 21.3 Å². The first kappa shape index (κ1) is 35.6. The lowest BCUT2D eigenvalue weighted by Gasteiger charge is -2.13. The van der Waals surface area contributed by atoms with E-state index in [0.29, 0.717) is 34.7 Å². The molecule has 14 heteroatoms. The Morgan fingerprint density at radius 1 is 0.667 bits per heavy atom. The van der Waals surface area contributed by atoms with Crippen molar-refractivity contribution in [1.29, 1.82) is 0 Å². The highest BCUT2D eigenvalue weighted by Crippen LogP contribution is 2.26. The summed E-state index contributed by atoms with van der Waals surface area (Å²) in [5.74, 6) is 0. The third-order valence-corrected chi connectivity index (χ3v) is 8.48. The maximum Gasteiger partial charge on any atom is 0.295 e. The Kier molecular flexibility index (Phi) is 14.8. The third-order valence-electron chi connectivity index (χ3n) is 6.17. The van der Waals surface area contributed by atoms with Gasteiger partial charge in [-0.15, -0.1) is 0 Å². The van der Waals surface area contributed by atoms with Gasteiger partial charge in [-0.05, 0) is 72.7 Å². The first-order chi connectivity index (χ1) is 19.8. The van der Waals surface area contributed by atoms with E-state index in [4.69, 9.17) is 24.4 Å². The number of thiocarbonyl (C=S) groups is 2. The maximum atomic E-state index is 12.2. The van der Waals surface area contributed by atoms with Crippen molar-refractivity contribution in [2.75, 3.05) is 23.7 Å². The molecule has 0 aliphatic carbocycles. The molecule has 2 aromatic carbocycles. The van der Waals surface area contributed by atoms with E-state index >= 15 is 0 Å². The van der Waals surface area contributed by atoms with Crippen LogP contribution in [0.2, 0.25) is 0 Å². The van der Waals surface area contributed by atoms with Gasteiger partial charge >= 0.3 is 0 Å². The van der Waals surface area contributed by atoms with E-state index in [1.807, 2.05) is 0 Å². The van der Waals surface area contributed by atoms with Gasteiger partial charge < -0.3 is 21.3 Å². The van der Waals surface area contributed by atoms with Gasteiger partial charge in [0.1, 0.15) is 9.79 Å². The molecule has 0 unspecified atom stereocenters. The van der Waals surface area contributed by atoms with Crippen molar-refractivity contribution in [2.45, 2.75) is 75.0 Å². The van der Waals surface area contributed by atoms with E-state index in [9.17, 15) is 25.9 Å². The van der Waals surface area contributed by atoms with E-state index in [2.05, 4.69) is 35.1 Å². The Balaban J connectivity index is 2.22. The molecular formula is C28H40N4O6S4. The molecule has 42 heavy (non-hydrogen) atoms. The van der Waals surface area contributed by atoms with Crippen molar-refractivity contribution in [2.24, 2.45) is 0 Å². The Bertz CT molecular complexity index is 1350. The van der Waals surface area contributed by atoms with E-state index in [0.717, 1.165) is 51.4 Å². The Morgan fingerprint density at radius 2 is 1.05 bits per heavy atom. The summed E-state index contributed by atoms with van der Waals surface area (Å²) >= 11 is 10.5. The number of anilines is 2. The summed E-state index contributed by atoms with van der Waals surface area (Å²) in [6.45, 7) is 5.59. The van der Waals surface area contributed by atoms with Crippen molar-refractivity contribution in [3.8, 4) is 0 Å². The average Bonchev–Trinajstić information content (AvgIpc) is 2.91. The van der Waals surface area contributed by atoms with E-state index in [-0.39, 0.29) is 11.1 Å². The molecule has 0 saturated carbocycles. The van der Waals surface area contributed by atoms with Crippen molar-refractivity contribution >= 4 is 78.4 Å². The van der Waals surface area contributed by atoms with Gasteiger partial charge in [0.05, 0.1) is 0 Å². The topological polar surface area (TPSA) is 157 Å². The van der Waals surface area contributed by atoms with Gasteiger partial charge in [0.25, 0.3) is 20.2 Å². The van der Waals surface area contributed by atoms with E-state index < -0.39 is 30.0 Å². The van der Waals surface area contributed by atoms with Gasteiger partial charge in [-0.3, -0.25) is 9.11 Å². The fourth-order valence-electron chi connectivity index (χ4n) is 3.98. The zero-order valence-electron chi connectivity index (χ0n) is 23.9. The van der Waals surface area contributed by atoms with Gasteiger partial charge in [0, 0.05) is 24.5 Å². The highest BCUT2D eigenvalue weighted by atomic mass is 32.2. The summed E-state index contributed by atoms with van der Waals surface area (Å²) < 4.78 is 68.4. The van der Waals surface area contributed by atoms with Gasteiger partial charge in [0.2, 0.25) is 0 Å². The van der Waals surface area contributed by atoms with Gasteiger partial charge in [-0.2, -0.15) is 16.8 Å². The van der Waals surface area contributed by atoms with Crippen LogP contribution in [0.1, 0.15) is 76.3 Å². The molecule has 0 spiro atoms. The minimum atomic E-state index is -4.65. The molecular weight excluding hydrogens is 617 g/mol. The molecule has 2 rings (SSSR count). The van der Waals surface area contributed by atoms with Crippen LogP contribution in [0.25, 0.3) is 12.2 Å². The fraction of sp³-hybridized carbons (Fsp3) is 0.429. The van der Waals surface area contributed by atoms with Crippen LogP contribution in [0.15, 0.2) is 46.2 Å². The average molecular weight is 657 g/mol. The molecule has 6 N–H and O–H groups in total. The summed E-state index contributed by atoms with van der Waals surface area (Å²) in [5.41, 5.74) is 0.876. The van der Waals surface area contributed by atoms with Crippen molar-refractivity contribution in [1.82, 2.24) is 10.6 Å². The van der Waals surface area contributed by atoms with Crippen LogP contribution in [0, 0.1) is 0 Å². The van der Waals surface area contributed by atoms with Gasteiger partial charge in [0.15, 0.2) is 10.2 Å². The zero-order chi connectivity index (χ0) is 31.2. The van der Waals surface area contributed by atoms with Crippen molar-refractivity contribution in [3.05, 3.63) is 47.5 Å². The van der Waals surface area contributed by atoms with Gasteiger partial charge in [-0.1, -0.05) is 76.7 Å². The lowest BCUT2D eigenvalue weighted by atomic mass is 10.1. The molecule has 0 amide bonds. The SMILES string of the molecule is CCCCCCNC(=S)Nc1ccc(C=Cc2ccc(NC(=S)NCCCCCC)cc2S(=O)(=O)O)c(S(=O)(=O)O)c1. The smallest absolute Gasteiger partial charge is 0.295 e. The van der Waals surface area contributed by atoms with Crippen LogP contribution in [0.5, 0.6) is 0 Å². The molecule has 2 aromatic rings. The predicted octanol–water partition coefficient (Wildman–Crippen LogP) is 6.08. The first-order valence-corrected chi connectivity index (χ1v) is 17.6. The second-order valence-corrected chi connectivity index (χ2v) is 13.3. The summed E-state index contributed by atoms with van der Waals surface area (Å²) in [7, 11) is -9.30.